The minimum atomic E-state index is -1.30. The maximum atomic E-state index is 12.7. The highest BCUT2D eigenvalue weighted by molar-refractivity contribution is 7.12. The van der Waals surface area contributed by atoms with Crippen molar-refractivity contribution in [1.29, 1.82) is 0 Å². The molecule has 0 saturated carbocycles. The molecule has 3 aromatic rings. The zero-order valence-corrected chi connectivity index (χ0v) is 18.9. The molecule has 0 aliphatic heterocycles. The van der Waals surface area contributed by atoms with E-state index in [0.717, 1.165) is 5.56 Å². The second kappa shape index (κ2) is 11.2. The summed E-state index contributed by atoms with van der Waals surface area (Å²) in [5, 5.41) is 16.1. The Kier molecular flexibility index (Phi) is 8.10. The van der Waals surface area contributed by atoms with Gasteiger partial charge in [0, 0.05) is 24.1 Å². The van der Waals surface area contributed by atoms with Crippen molar-refractivity contribution in [1.82, 2.24) is 10.6 Å². The van der Waals surface area contributed by atoms with Crippen LogP contribution < -0.4 is 10.6 Å². The van der Waals surface area contributed by atoms with Gasteiger partial charge >= 0.3 is 5.97 Å². The molecule has 0 fully saturated rings. The number of aryl methyl sites for hydroxylation is 2. The maximum absolute atomic E-state index is 12.7. The van der Waals surface area contributed by atoms with E-state index in [4.69, 9.17) is 0 Å². The number of carbonyl (C=O) groups excluding carboxylic acids is 3. The van der Waals surface area contributed by atoms with Crippen LogP contribution in [0.1, 0.15) is 47.9 Å². The van der Waals surface area contributed by atoms with Crippen LogP contribution in [-0.2, 0) is 11.2 Å². The molecule has 0 spiro atoms. The third kappa shape index (κ3) is 6.60. The predicted octanol–water partition coefficient (Wildman–Crippen LogP) is 3.49. The molecule has 0 radical (unpaired) electrons. The van der Waals surface area contributed by atoms with Gasteiger partial charge in [-0.15, -0.1) is 11.3 Å². The number of amides is 2. The normalized spacial score (nSPS) is 11.4. The molecule has 33 heavy (non-hydrogen) atoms. The summed E-state index contributed by atoms with van der Waals surface area (Å²) >= 11 is 1.24. The van der Waals surface area contributed by atoms with Crippen molar-refractivity contribution in [2.75, 3.05) is 6.54 Å². The molecule has 0 aliphatic rings. The molecule has 8 heteroatoms. The molecule has 1 unspecified atom stereocenters. The lowest BCUT2D eigenvalue weighted by Crippen LogP contribution is -2.48. The summed E-state index contributed by atoms with van der Waals surface area (Å²) in [6, 6.07) is 16.5. The summed E-state index contributed by atoms with van der Waals surface area (Å²) in [5.74, 6) is -2.29. The molecule has 2 amide bonds. The minimum absolute atomic E-state index is 0.0337. The molecule has 0 aliphatic carbocycles. The van der Waals surface area contributed by atoms with Crippen LogP contribution in [0.2, 0.25) is 0 Å². The van der Waals surface area contributed by atoms with E-state index in [0.29, 0.717) is 28.8 Å². The Hall–Kier alpha value is -3.78. The van der Waals surface area contributed by atoms with Crippen molar-refractivity contribution in [3.8, 4) is 0 Å². The summed E-state index contributed by atoms with van der Waals surface area (Å²) in [4.78, 5) is 49.3. The SMILES string of the molecule is Cc1cc(C(=O)CCc2ccccc2)ccc1C(=O)NC(CNC(=O)c1cccs1)C(=O)O. The van der Waals surface area contributed by atoms with Crippen molar-refractivity contribution in [2.45, 2.75) is 25.8 Å². The smallest absolute Gasteiger partial charge is 0.328 e. The molecule has 0 bridgehead atoms. The first-order chi connectivity index (χ1) is 15.8. The lowest BCUT2D eigenvalue weighted by Gasteiger charge is -2.16. The quantitative estimate of drug-likeness (QED) is 0.398. The van der Waals surface area contributed by atoms with Crippen LogP contribution in [0.3, 0.4) is 0 Å². The fraction of sp³-hybridized carbons (Fsp3) is 0.200. The van der Waals surface area contributed by atoms with Gasteiger partial charge in [-0.05, 0) is 48.1 Å². The Morgan fingerprint density at radius 3 is 2.36 bits per heavy atom. The second-order valence-corrected chi connectivity index (χ2v) is 8.44. The number of aliphatic carboxylic acids is 1. The molecule has 1 aromatic heterocycles. The molecule has 3 rings (SSSR count). The first kappa shape index (κ1) is 23.9. The summed E-state index contributed by atoms with van der Waals surface area (Å²) in [6.45, 7) is 1.43. The number of thiophene rings is 1. The van der Waals surface area contributed by atoms with Crippen LogP contribution in [0.25, 0.3) is 0 Å². The lowest BCUT2D eigenvalue weighted by molar-refractivity contribution is -0.139. The number of nitrogens with one attached hydrogen (secondary N) is 2. The second-order valence-electron chi connectivity index (χ2n) is 7.49. The highest BCUT2D eigenvalue weighted by Crippen LogP contribution is 2.15. The molecular formula is C25H24N2O5S. The van der Waals surface area contributed by atoms with Gasteiger partial charge in [0.25, 0.3) is 11.8 Å². The first-order valence-corrected chi connectivity index (χ1v) is 11.3. The van der Waals surface area contributed by atoms with Crippen LogP contribution in [0.15, 0.2) is 66.0 Å². The number of benzene rings is 2. The predicted molar refractivity (Wildman–Crippen MR) is 126 cm³/mol. The van der Waals surface area contributed by atoms with E-state index < -0.39 is 23.8 Å². The monoisotopic (exact) mass is 464 g/mol. The topological polar surface area (TPSA) is 113 Å². The van der Waals surface area contributed by atoms with Crippen molar-refractivity contribution in [2.24, 2.45) is 0 Å². The molecular weight excluding hydrogens is 440 g/mol. The number of carboxylic acid groups (broad SMARTS) is 1. The Balaban J connectivity index is 1.60. The summed E-state index contributed by atoms with van der Waals surface area (Å²) in [7, 11) is 0. The van der Waals surface area contributed by atoms with Gasteiger partial charge in [-0.1, -0.05) is 42.5 Å². The third-order valence-electron chi connectivity index (χ3n) is 5.09. The summed E-state index contributed by atoms with van der Waals surface area (Å²) in [6.07, 6.45) is 0.971. The first-order valence-electron chi connectivity index (χ1n) is 10.4. The summed E-state index contributed by atoms with van der Waals surface area (Å²) in [5.41, 5.74) is 2.40. The highest BCUT2D eigenvalue weighted by Gasteiger charge is 2.23. The van der Waals surface area contributed by atoms with Crippen LogP contribution in [0.4, 0.5) is 0 Å². The zero-order valence-electron chi connectivity index (χ0n) is 18.0. The van der Waals surface area contributed by atoms with Gasteiger partial charge in [-0.2, -0.15) is 0 Å². The standard InChI is InChI=1S/C25H24N2O5S/c1-16-14-18(21(28)12-9-17-6-3-2-4-7-17)10-11-19(16)23(29)27-20(25(31)32)15-26-24(30)22-8-5-13-33-22/h2-8,10-11,13-14,20H,9,12,15H2,1H3,(H,26,30)(H,27,29)(H,31,32). The van der Waals surface area contributed by atoms with E-state index in [9.17, 15) is 24.3 Å². The van der Waals surface area contributed by atoms with Crippen molar-refractivity contribution in [3.05, 3.63) is 93.2 Å². The molecule has 170 valence electrons. The molecule has 2 aromatic carbocycles. The number of rotatable bonds is 10. The van der Waals surface area contributed by atoms with Gasteiger partial charge < -0.3 is 15.7 Å². The molecule has 3 N–H and O–H groups in total. The number of ketones is 1. The fourth-order valence-corrected chi connectivity index (χ4v) is 3.90. The number of carboxylic acids is 1. The van der Waals surface area contributed by atoms with E-state index in [1.165, 1.54) is 17.4 Å². The minimum Gasteiger partial charge on any atom is -0.480 e. The van der Waals surface area contributed by atoms with Crippen LogP contribution >= 0.6 is 11.3 Å². The van der Waals surface area contributed by atoms with Gasteiger partial charge in [0.15, 0.2) is 5.78 Å². The third-order valence-corrected chi connectivity index (χ3v) is 5.96. The van der Waals surface area contributed by atoms with Gasteiger partial charge in [0.2, 0.25) is 0 Å². The van der Waals surface area contributed by atoms with Gasteiger partial charge in [-0.3, -0.25) is 14.4 Å². The van der Waals surface area contributed by atoms with E-state index in [2.05, 4.69) is 10.6 Å². The van der Waals surface area contributed by atoms with E-state index in [1.54, 1.807) is 36.6 Å². The molecule has 1 heterocycles. The van der Waals surface area contributed by atoms with E-state index in [1.807, 2.05) is 30.3 Å². The lowest BCUT2D eigenvalue weighted by atomic mass is 9.98. The largest absolute Gasteiger partial charge is 0.480 e. The molecule has 7 nitrogen and oxygen atoms in total. The van der Waals surface area contributed by atoms with Crippen LogP contribution in [-0.4, -0.2) is 41.3 Å². The maximum Gasteiger partial charge on any atom is 0.328 e. The van der Waals surface area contributed by atoms with Gasteiger partial charge in [0.1, 0.15) is 6.04 Å². The Morgan fingerprint density at radius 1 is 0.970 bits per heavy atom. The Bertz CT molecular complexity index is 1140. The zero-order chi connectivity index (χ0) is 23.8. The van der Waals surface area contributed by atoms with Crippen LogP contribution in [0.5, 0.6) is 0 Å². The Labute approximate surface area is 195 Å². The van der Waals surface area contributed by atoms with Crippen molar-refractivity contribution < 1.29 is 24.3 Å². The number of hydrogen-bond acceptors (Lipinski definition) is 5. The number of hydrogen-bond donors (Lipinski definition) is 3. The van der Waals surface area contributed by atoms with Gasteiger partial charge in [0.05, 0.1) is 4.88 Å². The van der Waals surface area contributed by atoms with E-state index in [-0.39, 0.29) is 17.9 Å². The number of carbonyl (C=O) groups is 4. The average Bonchev–Trinajstić information content (AvgIpc) is 3.35. The molecule has 0 saturated heterocycles. The Morgan fingerprint density at radius 2 is 1.73 bits per heavy atom. The highest BCUT2D eigenvalue weighted by atomic mass is 32.1. The average molecular weight is 465 g/mol. The van der Waals surface area contributed by atoms with Gasteiger partial charge in [-0.25, -0.2) is 4.79 Å². The molecule has 1 atom stereocenters. The summed E-state index contributed by atoms with van der Waals surface area (Å²) < 4.78 is 0. The van der Waals surface area contributed by atoms with E-state index >= 15 is 0 Å². The van der Waals surface area contributed by atoms with Crippen LogP contribution in [0, 0.1) is 6.92 Å². The number of Topliss-reactive ketones (excluding diaryl/α,β-unsaturated/α-hetero) is 1. The van der Waals surface area contributed by atoms with Crippen molar-refractivity contribution in [3.63, 3.8) is 0 Å². The fourth-order valence-electron chi connectivity index (χ4n) is 3.26. The van der Waals surface area contributed by atoms with Crippen molar-refractivity contribution >= 4 is 34.9 Å².